The summed E-state index contributed by atoms with van der Waals surface area (Å²) in [5, 5.41) is 4.78. The number of halogens is 1. The van der Waals surface area contributed by atoms with Gasteiger partial charge in [0.25, 0.3) is 0 Å². The Kier molecular flexibility index (Phi) is 7.87. The first-order chi connectivity index (χ1) is 12.6. The van der Waals surface area contributed by atoms with Crippen molar-refractivity contribution >= 4 is 23.1 Å². The summed E-state index contributed by atoms with van der Waals surface area (Å²) in [4.78, 5) is 17.9. The number of nitrogens with zero attached hydrogens (tertiary/aromatic N) is 2. The summed E-state index contributed by atoms with van der Waals surface area (Å²) < 4.78 is 18.8. The molecular formula is C19H26FN3O2S. The zero-order chi connectivity index (χ0) is 18.9. The first-order valence-electron chi connectivity index (χ1n) is 8.71. The Morgan fingerprint density at radius 2 is 2.00 bits per heavy atom. The third-order valence-electron chi connectivity index (χ3n) is 4.20. The molecule has 5 nitrogen and oxygen atoms in total. The van der Waals surface area contributed by atoms with Crippen molar-refractivity contribution in [2.24, 2.45) is 0 Å². The molecule has 0 bridgehead atoms. The molecule has 142 valence electrons. The molecule has 1 N–H and O–H groups in total. The Hall–Kier alpha value is -2.12. The molecule has 0 unspecified atom stereocenters. The van der Waals surface area contributed by atoms with Gasteiger partial charge in [-0.3, -0.25) is 0 Å². The minimum absolute atomic E-state index is 0.153. The number of urea groups is 1. The highest BCUT2D eigenvalue weighted by molar-refractivity contribution is 7.09. The number of carbonyl (C=O) groups excluding carboxylic acids is 1. The number of benzene rings is 1. The SMILES string of the molecule is CCN(CC)CCN(Cc1cccs1)C(=O)Nc1ccc(OC)c(F)c1. The second-order valence-electron chi connectivity index (χ2n) is 5.81. The number of hydrogen-bond donors (Lipinski definition) is 1. The molecule has 26 heavy (non-hydrogen) atoms. The van der Waals surface area contributed by atoms with E-state index >= 15 is 0 Å². The van der Waals surface area contributed by atoms with Gasteiger partial charge in [-0.1, -0.05) is 19.9 Å². The molecule has 2 aromatic rings. The van der Waals surface area contributed by atoms with Crippen molar-refractivity contribution in [2.45, 2.75) is 20.4 Å². The van der Waals surface area contributed by atoms with Gasteiger partial charge in [0.2, 0.25) is 0 Å². The van der Waals surface area contributed by atoms with Crippen molar-refractivity contribution in [2.75, 3.05) is 38.6 Å². The van der Waals surface area contributed by atoms with Crippen LogP contribution in [0.15, 0.2) is 35.7 Å². The third kappa shape index (κ3) is 5.71. The summed E-state index contributed by atoms with van der Waals surface area (Å²) in [6, 6.07) is 8.15. The average molecular weight is 380 g/mol. The van der Waals surface area contributed by atoms with Crippen LogP contribution in [0.5, 0.6) is 5.75 Å². The fraction of sp³-hybridized carbons (Fsp3) is 0.421. The molecule has 0 atom stereocenters. The van der Waals surface area contributed by atoms with E-state index in [4.69, 9.17) is 4.74 Å². The van der Waals surface area contributed by atoms with Crippen LogP contribution in [-0.2, 0) is 6.54 Å². The monoisotopic (exact) mass is 379 g/mol. The molecule has 7 heteroatoms. The van der Waals surface area contributed by atoms with Crippen LogP contribution in [-0.4, -0.2) is 49.1 Å². The summed E-state index contributed by atoms with van der Waals surface area (Å²) in [6.07, 6.45) is 0. The third-order valence-corrected chi connectivity index (χ3v) is 5.06. The van der Waals surface area contributed by atoms with Crippen molar-refractivity contribution in [3.8, 4) is 5.75 Å². The number of carbonyl (C=O) groups is 1. The van der Waals surface area contributed by atoms with Gasteiger partial charge in [-0.15, -0.1) is 11.3 Å². The van der Waals surface area contributed by atoms with Crippen LogP contribution in [0, 0.1) is 5.82 Å². The Bertz CT molecular complexity index is 690. The number of amides is 2. The summed E-state index contributed by atoms with van der Waals surface area (Å²) in [6.45, 7) is 8.01. The molecule has 0 radical (unpaired) electrons. The molecule has 2 rings (SSSR count). The van der Waals surface area contributed by atoms with E-state index in [1.54, 1.807) is 22.3 Å². The molecule has 1 heterocycles. The molecule has 0 spiro atoms. The van der Waals surface area contributed by atoms with E-state index in [0.717, 1.165) is 24.5 Å². The average Bonchev–Trinajstić information content (AvgIpc) is 3.14. The number of likely N-dealkylation sites (N-methyl/N-ethyl adjacent to an activating group) is 1. The number of thiophene rings is 1. The van der Waals surface area contributed by atoms with Gasteiger partial charge in [0.05, 0.1) is 13.7 Å². The van der Waals surface area contributed by atoms with Gasteiger partial charge in [-0.05, 0) is 36.7 Å². The zero-order valence-corrected chi connectivity index (χ0v) is 16.3. The van der Waals surface area contributed by atoms with E-state index in [1.165, 1.54) is 19.2 Å². The van der Waals surface area contributed by atoms with Gasteiger partial charge in [0, 0.05) is 29.7 Å². The smallest absolute Gasteiger partial charge is 0.322 e. The number of nitrogens with one attached hydrogen (secondary N) is 1. The van der Waals surface area contributed by atoms with Gasteiger partial charge in [-0.25, -0.2) is 9.18 Å². The summed E-state index contributed by atoms with van der Waals surface area (Å²) in [5.41, 5.74) is 0.410. The van der Waals surface area contributed by atoms with Crippen LogP contribution < -0.4 is 10.1 Å². The van der Waals surface area contributed by atoms with Crippen LogP contribution >= 0.6 is 11.3 Å². The minimum atomic E-state index is -0.502. The molecule has 0 aliphatic rings. The van der Waals surface area contributed by atoms with E-state index in [1.807, 2.05) is 17.5 Å². The summed E-state index contributed by atoms with van der Waals surface area (Å²) in [5.74, 6) is -0.349. The summed E-state index contributed by atoms with van der Waals surface area (Å²) >= 11 is 1.62. The van der Waals surface area contributed by atoms with Crippen LogP contribution in [0.2, 0.25) is 0 Å². The molecule has 0 fully saturated rings. The van der Waals surface area contributed by atoms with Crippen LogP contribution in [0.1, 0.15) is 18.7 Å². The second-order valence-corrected chi connectivity index (χ2v) is 6.84. The normalized spacial score (nSPS) is 10.8. The Morgan fingerprint density at radius 3 is 2.58 bits per heavy atom. The second kappa shape index (κ2) is 10.1. The lowest BCUT2D eigenvalue weighted by molar-refractivity contribution is 0.195. The maximum absolute atomic E-state index is 13.9. The van der Waals surface area contributed by atoms with Gasteiger partial charge in [0.1, 0.15) is 0 Å². The van der Waals surface area contributed by atoms with E-state index < -0.39 is 5.82 Å². The van der Waals surface area contributed by atoms with Crippen LogP contribution in [0.25, 0.3) is 0 Å². The van der Waals surface area contributed by atoms with Crippen molar-refractivity contribution in [3.05, 3.63) is 46.4 Å². The minimum Gasteiger partial charge on any atom is -0.494 e. The van der Waals surface area contributed by atoms with E-state index in [0.29, 0.717) is 18.8 Å². The Morgan fingerprint density at radius 1 is 1.23 bits per heavy atom. The van der Waals surface area contributed by atoms with Crippen molar-refractivity contribution in [1.82, 2.24) is 9.80 Å². The van der Waals surface area contributed by atoms with E-state index in [2.05, 4.69) is 24.1 Å². The van der Waals surface area contributed by atoms with Gasteiger partial charge >= 0.3 is 6.03 Å². The molecular weight excluding hydrogens is 353 g/mol. The maximum Gasteiger partial charge on any atom is 0.322 e. The fourth-order valence-electron chi connectivity index (χ4n) is 2.59. The number of anilines is 1. The lowest BCUT2D eigenvalue weighted by Gasteiger charge is -2.26. The molecule has 0 saturated heterocycles. The van der Waals surface area contributed by atoms with Gasteiger partial charge in [-0.2, -0.15) is 0 Å². The quantitative estimate of drug-likeness (QED) is 0.708. The molecule has 0 aliphatic carbocycles. The van der Waals surface area contributed by atoms with Crippen LogP contribution in [0.3, 0.4) is 0 Å². The zero-order valence-electron chi connectivity index (χ0n) is 15.5. The van der Waals surface area contributed by atoms with Gasteiger partial charge in [0.15, 0.2) is 11.6 Å². The molecule has 0 aliphatic heterocycles. The maximum atomic E-state index is 13.9. The van der Waals surface area contributed by atoms with Crippen molar-refractivity contribution in [3.63, 3.8) is 0 Å². The standard InChI is InChI=1S/C19H26FN3O2S/c1-4-22(5-2)10-11-23(14-16-7-6-12-26-16)19(24)21-15-8-9-18(25-3)17(20)13-15/h6-9,12-13H,4-5,10-11,14H2,1-3H3,(H,21,24). The number of ether oxygens (including phenoxy) is 1. The fourth-order valence-corrected chi connectivity index (χ4v) is 3.31. The number of hydrogen-bond acceptors (Lipinski definition) is 4. The predicted octanol–water partition coefficient (Wildman–Crippen LogP) is 4.27. The first-order valence-corrected chi connectivity index (χ1v) is 9.59. The van der Waals surface area contributed by atoms with E-state index in [9.17, 15) is 9.18 Å². The lowest BCUT2D eigenvalue weighted by Crippen LogP contribution is -2.40. The molecule has 1 aromatic heterocycles. The summed E-state index contributed by atoms with van der Waals surface area (Å²) in [7, 11) is 1.41. The van der Waals surface area contributed by atoms with Crippen molar-refractivity contribution in [1.29, 1.82) is 0 Å². The number of rotatable bonds is 9. The van der Waals surface area contributed by atoms with Crippen molar-refractivity contribution < 1.29 is 13.9 Å². The van der Waals surface area contributed by atoms with Gasteiger partial charge < -0.3 is 19.9 Å². The number of methoxy groups -OCH3 is 1. The highest BCUT2D eigenvalue weighted by Gasteiger charge is 2.16. The molecule has 1 aromatic carbocycles. The molecule has 0 saturated carbocycles. The largest absolute Gasteiger partial charge is 0.494 e. The first kappa shape index (κ1) is 20.2. The Labute approximate surface area is 158 Å². The predicted molar refractivity (Wildman–Crippen MR) is 104 cm³/mol. The lowest BCUT2D eigenvalue weighted by atomic mass is 10.3. The molecule has 2 amide bonds. The van der Waals surface area contributed by atoms with E-state index in [-0.39, 0.29) is 11.8 Å². The Balaban J connectivity index is 2.07. The highest BCUT2D eigenvalue weighted by atomic mass is 32.1. The highest BCUT2D eigenvalue weighted by Crippen LogP contribution is 2.21. The van der Waals surface area contributed by atoms with Crippen LogP contribution in [0.4, 0.5) is 14.9 Å². The topological polar surface area (TPSA) is 44.8 Å².